The maximum atomic E-state index is 13.9. The van der Waals surface area contributed by atoms with E-state index >= 15 is 0 Å². The largest absolute Gasteiger partial charge is 0.369 e. The quantitative estimate of drug-likeness (QED) is 0.272. The molecule has 5 rings (SSSR count). The van der Waals surface area contributed by atoms with Gasteiger partial charge in [-0.3, -0.25) is 4.79 Å². The minimum atomic E-state index is -3.79. The molecule has 38 heavy (non-hydrogen) atoms. The molecule has 1 aliphatic heterocycles. The molecule has 0 aromatic heterocycles. The number of amides is 1. The first-order chi connectivity index (χ1) is 18.1. The summed E-state index contributed by atoms with van der Waals surface area (Å²) in [5.41, 5.74) is 2.49. The lowest BCUT2D eigenvalue weighted by Gasteiger charge is -2.33. The van der Waals surface area contributed by atoms with Crippen molar-refractivity contribution in [3.63, 3.8) is 0 Å². The Bertz CT molecular complexity index is 1460. The number of sulfone groups is 1. The van der Waals surface area contributed by atoms with Gasteiger partial charge in [0.15, 0.2) is 16.1 Å². The summed E-state index contributed by atoms with van der Waals surface area (Å²) in [5, 5.41) is 17.0. The molecule has 3 unspecified atom stereocenters. The minimum absolute atomic E-state index is 0.0437. The van der Waals surface area contributed by atoms with Crippen LogP contribution >= 0.6 is 34.8 Å². The van der Waals surface area contributed by atoms with Crippen molar-refractivity contribution in [3.8, 4) is 0 Å². The van der Waals surface area contributed by atoms with Crippen LogP contribution in [0.1, 0.15) is 53.9 Å². The molecule has 1 heterocycles. The van der Waals surface area contributed by atoms with Crippen molar-refractivity contribution in [3.05, 3.63) is 92.4 Å². The fourth-order valence-corrected chi connectivity index (χ4v) is 8.36. The van der Waals surface area contributed by atoms with Crippen molar-refractivity contribution < 1.29 is 18.3 Å². The van der Waals surface area contributed by atoms with Gasteiger partial charge in [-0.2, -0.15) is 0 Å². The first-order valence-electron chi connectivity index (χ1n) is 12.4. The molecule has 3 aromatic carbocycles. The molecule has 0 radical (unpaired) electrons. The topological polar surface area (TPSA) is 95.5 Å². The van der Waals surface area contributed by atoms with E-state index in [4.69, 9.17) is 34.8 Å². The third-order valence-electron chi connectivity index (χ3n) is 7.33. The molecule has 0 spiro atoms. The van der Waals surface area contributed by atoms with Crippen molar-refractivity contribution in [1.29, 1.82) is 0 Å². The average molecular weight is 594 g/mol. The number of halogens is 3. The highest BCUT2D eigenvalue weighted by molar-refractivity contribution is 7.91. The third kappa shape index (κ3) is 5.68. The predicted octanol–water partition coefficient (Wildman–Crippen LogP) is 6.50. The van der Waals surface area contributed by atoms with E-state index in [2.05, 4.69) is 10.6 Å². The van der Waals surface area contributed by atoms with Gasteiger partial charge in [-0.25, -0.2) is 8.42 Å². The highest BCUT2D eigenvalue weighted by atomic mass is 35.5. The monoisotopic (exact) mass is 592 g/mol. The van der Waals surface area contributed by atoms with Crippen LogP contribution in [0.5, 0.6) is 0 Å². The second kappa shape index (κ2) is 11.1. The zero-order chi connectivity index (χ0) is 27.0. The number of benzene rings is 3. The molecular weight excluding hydrogens is 567 g/mol. The van der Waals surface area contributed by atoms with Gasteiger partial charge in [-0.15, -0.1) is 0 Å². The summed E-state index contributed by atoms with van der Waals surface area (Å²) in [5.74, 6) is 0.124. The summed E-state index contributed by atoms with van der Waals surface area (Å²) in [6.45, 7) is 0. The Balaban J connectivity index is 1.49. The number of rotatable bonds is 7. The fourth-order valence-electron chi connectivity index (χ4n) is 5.53. The highest BCUT2D eigenvalue weighted by Gasteiger charge is 2.38. The molecule has 1 amide bonds. The number of carbonyl (C=O) groups excluding carboxylic acids is 1. The average Bonchev–Trinajstić information content (AvgIpc) is 3.28. The van der Waals surface area contributed by atoms with Crippen molar-refractivity contribution in [2.75, 3.05) is 5.32 Å². The predicted molar refractivity (Wildman–Crippen MR) is 150 cm³/mol. The van der Waals surface area contributed by atoms with Gasteiger partial charge in [0, 0.05) is 38.8 Å². The standard InChI is InChI=1S/C28H27Cl3N2O4S/c29-18-3-1-4-21(14-18)38(36,37)25-13-16(12-19-9-10-26(34)32-19)11-17-7-8-20(15-22(17)25)33-28(35)27-23(30)5-2-6-24(27)31/h1-8,14-16,19,25,28,33,35H,9-13H2,(H,32,34)/t16-,19?,25?,28?/m0/s1. The smallest absolute Gasteiger partial charge is 0.220 e. The maximum absolute atomic E-state index is 13.9. The highest BCUT2D eigenvalue weighted by Crippen LogP contribution is 2.44. The molecule has 1 saturated heterocycles. The lowest BCUT2D eigenvalue weighted by atomic mass is 9.80. The summed E-state index contributed by atoms with van der Waals surface area (Å²) in [7, 11) is -3.79. The number of hydrogen-bond acceptors (Lipinski definition) is 5. The molecule has 10 heteroatoms. The van der Waals surface area contributed by atoms with E-state index in [-0.39, 0.29) is 22.8 Å². The number of anilines is 1. The van der Waals surface area contributed by atoms with Gasteiger partial charge in [0.05, 0.1) is 10.1 Å². The SMILES string of the molecule is O=C1CCC(C[C@@H]2Cc3ccc(NC(O)c4c(Cl)cccc4Cl)cc3C(S(=O)(=O)c3cccc(Cl)c3)C2)N1. The van der Waals surface area contributed by atoms with Crippen LogP contribution in [0.15, 0.2) is 65.6 Å². The Morgan fingerprint density at radius 1 is 1.03 bits per heavy atom. The van der Waals surface area contributed by atoms with Crippen LogP contribution in [-0.2, 0) is 21.1 Å². The molecule has 1 fully saturated rings. The van der Waals surface area contributed by atoms with Crippen LogP contribution in [0.2, 0.25) is 15.1 Å². The van der Waals surface area contributed by atoms with E-state index in [0.29, 0.717) is 51.1 Å². The summed E-state index contributed by atoms with van der Waals surface area (Å²) < 4.78 is 27.9. The van der Waals surface area contributed by atoms with Crippen molar-refractivity contribution >= 4 is 56.2 Å². The zero-order valence-electron chi connectivity index (χ0n) is 20.3. The molecular formula is C28H27Cl3N2O4S. The summed E-state index contributed by atoms with van der Waals surface area (Å²) in [6, 6.07) is 16.8. The maximum Gasteiger partial charge on any atom is 0.220 e. The zero-order valence-corrected chi connectivity index (χ0v) is 23.4. The van der Waals surface area contributed by atoms with E-state index in [9.17, 15) is 18.3 Å². The number of hydrogen-bond donors (Lipinski definition) is 3. The lowest BCUT2D eigenvalue weighted by molar-refractivity contribution is -0.119. The summed E-state index contributed by atoms with van der Waals surface area (Å²) in [6.07, 6.45) is 1.90. The molecule has 200 valence electrons. The number of aliphatic hydroxyl groups is 1. The molecule has 2 aliphatic rings. The number of aliphatic hydroxyl groups excluding tert-OH is 1. The Labute approximate surface area is 237 Å². The van der Waals surface area contributed by atoms with Crippen LogP contribution in [-0.4, -0.2) is 25.5 Å². The molecule has 3 aromatic rings. The van der Waals surface area contributed by atoms with Crippen LogP contribution in [0.3, 0.4) is 0 Å². The summed E-state index contributed by atoms with van der Waals surface area (Å²) in [4.78, 5) is 11.9. The Hall–Kier alpha value is -2.29. The molecule has 1 aliphatic carbocycles. The van der Waals surface area contributed by atoms with E-state index in [0.717, 1.165) is 18.4 Å². The number of fused-ring (bicyclic) bond motifs is 1. The first-order valence-corrected chi connectivity index (χ1v) is 15.1. The Kier molecular flexibility index (Phi) is 7.94. The van der Waals surface area contributed by atoms with Crippen molar-refractivity contribution in [1.82, 2.24) is 5.32 Å². The van der Waals surface area contributed by atoms with Crippen molar-refractivity contribution in [2.24, 2.45) is 5.92 Å². The lowest BCUT2D eigenvalue weighted by Crippen LogP contribution is -2.32. The molecule has 4 atom stereocenters. The van der Waals surface area contributed by atoms with Crippen LogP contribution in [0.25, 0.3) is 0 Å². The normalized spacial score (nSPS) is 22.0. The number of nitrogens with one attached hydrogen (secondary N) is 2. The van der Waals surface area contributed by atoms with Crippen LogP contribution in [0.4, 0.5) is 5.69 Å². The van der Waals surface area contributed by atoms with E-state index in [1.807, 2.05) is 12.1 Å². The van der Waals surface area contributed by atoms with Gasteiger partial charge in [0.25, 0.3) is 0 Å². The van der Waals surface area contributed by atoms with Gasteiger partial charge in [-0.1, -0.05) is 53.0 Å². The van der Waals surface area contributed by atoms with E-state index in [1.165, 1.54) is 6.07 Å². The second-order valence-electron chi connectivity index (χ2n) is 9.93. The Morgan fingerprint density at radius 3 is 2.45 bits per heavy atom. The first kappa shape index (κ1) is 27.3. The molecule has 3 N–H and O–H groups in total. The third-order valence-corrected chi connectivity index (χ3v) is 10.3. The van der Waals surface area contributed by atoms with Crippen LogP contribution in [0, 0.1) is 5.92 Å². The molecule has 0 saturated carbocycles. The fraction of sp³-hybridized carbons (Fsp3) is 0.321. The second-order valence-corrected chi connectivity index (χ2v) is 13.3. The summed E-state index contributed by atoms with van der Waals surface area (Å²) >= 11 is 18.7. The van der Waals surface area contributed by atoms with Gasteiger partial charge >= 0.3 is 0 Å². The Morgan fingerprint density at radius 2 is 1.76 bits per heavy atom. The van der Waals surface area contributed by atoms with Crippen LogP contribution < -0.4 is 10.6 Å². The van der Waals surface area contributed by atoms with E-state index < -0.39 is 21.3 Å². The minimum Gasteiger partial charge on any atom is -0.369 e. The van der Waals surface area contributed by atoms with Gasteiger partial charge < -0.3 is 15.7 Å². The molecule has 6 nitrogen and oxygen atoms in total. The molecule has 0 bridgehead atoms. The van der Waals surface area contributed by atoms with E-state index in [1.54, 1.807) is 42.5 Å². The van der Waals surface area contributed by atoms with Gasteiger partial charge in [-0.05, 0) is 85.2 Å². The van der Waals surface area contributed by atoms with Gasteiger partial charge in [0.1, 0.15) is 0 Å². The number of carbonyl (C=O) groups is 1. The van der Waals surface area contributed by atoms with Crippen molar-refractivity contribution in [2.45, 2.75) is 54.5 Å². The van der Waals surface area contributed by atoms with Gasteiger partial charge in [0.2, 0.25) is 5.91 Å².